The third kappa shape index (κ3) is 5.86. The minimum atomic E-state index is -0.144. The van der Waals surface area contributed by atoms with E-state index in [1.165, 1.54) is 22.3 Å². The maximum Gasteiger partial charge on any atom is 0.217 e. The number of nitrogens with zero attached hydrogens (tertiary/aromatic N) is 1. The SMILES string of the molecule is CCC(C)C(NC(C)=O)C1=N[C@@H](Cc2c(C(C)C)cc(C(C)C)cc2C(C)C)CO1. The monoisotopic (exact) mass is 414 g/mol. The predicted molar refractivity (Wildman–Crippen MR) is 127 cm³/mol. The second-order valence-corrected chi connectivity index (χ2v) is 9.84. The second-order valence-electron chi connectivity index (χ2n) is 9.84. The van der Waals surface area contributed by atoms with Gasteiger partial charge in [-0.1, -0.05) is 73.9 Å². The number of rotatable bonds is 9. The molecule has 1 heterocycles. The zero-order valence-corrected chi connectivity index (χ0v) is 20.5. The van der Waals surface area contributed by atoms with E-state index in [0.717, 1.165) is 12.8 Å². The molecule has 0 aromatic heterocycles. The molecule has 4 nitrogen and oxygen atoms in total. The fourth-order valence-electron chi connectivity index (χ4n) is 4.19. The Balaban J connectivity index is 2.38. The first-order valence-electron chi connectivity index (χ1n) is 11.7. The van der Waals surface area contributed by atoms with Crippen LogP contribution in [0.3, 0.4) is 0 Å². The van der Waals surface area contributed by atoms with Crippen LogP contribution in [0, 0.1) is 5.92 Å². The lowest BCUT2D eigenvalue weighted by Gasteiger charge is -2.24. The number of nitrogens with one attached hydrogen (secondary N) is 1. The van der Waals surface area contributed by atoms with Gasteiger partial charge in [-0.05, 0) is 52.3 Å². The molecule has 0 aliphatic carbocycles. The molecular weight excluding hydrogens is 372 g/mol. The zero-order chi connectivity index (χ0) is 22.6. The molecular formula is C26H42N2O2. The summed E-state index contributed by atoms with van der Waals surface area (Å²) in [5, 5.41) is 3.04. The number of ether oxygens (including phenoxy) is 1. The van der Waals surface area contributed by atoms with Crippen molar-refractivity contribution in [2.24, 2.45) is 10.9 Å². The lowest BCUT2D eigenvalue weighted by Crippen LogP contribution is -2.44. The lowest BCUT2D eigenvalue weighted by atomic mass is 9.82. The van der Waals surface area contributed by atoms with Gasteiger partial charge in [-0.15, -0.1) is 0 Å². The number of hydrogen-bond donors (Lipinski definition) is 1. The highest BCUT2D eigenvalue weighted by Crippen LogP contribution is 2.34. The van der Waals surface area contributed by atoms with Crippen molar-refractivity contribution >= 4 is 11.8 Å². The van der Waals surface area contributed by atoms with Gasteiger partial charge in [0.25, 0.3) is 0 Å². The molecule has 0 bridgehead atoms. The molecule has 30 heavy (non-hydrogen) atoms. The number of aliphatic imine (C=N–C) groups is 1. The summed E-state index contributed by atoms with van der Waals surface area (Å²) in [4.78, 5) is 16.7. The Bertz CT molecular complexity index is 735. The zero-order valence-electron chi connectivity index (χ0n) is 20.5. The molecule has 0 fully saturated rings. The van der Waals surface area contributed by atoms with Crippen molar-refractivity contribution in [1.82, 2.24) is 5.32 Å². The van der Waals surface area contributed by atoms with E-state index in [1.54, 1.807) is 6.92 Å². The fourth-order valence-corrected chi connectivity index (χ4v) is 4.19. The molecule has 2 unspecified atom stereocenters. The largest absolute Gasteiger partial charge is 0.477 e. The quantitative estimate of drug-likeness (QED) is 0.543. The normalized spacial score (nSPS) is 18.5. The maximum atomic E-state index is 11.7. The smallest absolute Gasteiger partial charge is 0.217 e. The van der Waals surface area contributed by atoms with Crippen LogP contribution in [0.1, 0.15) is 109 Å². The molecule has 0 radical (unpaired) electrons. The summed E-state index contributed by atoms with van der Waals surface area (Å²) >= 11 is 0. The van der Waals surface area contributed by atoms with Crippen molar-refractivity contribution < 1.29 is 9.53 Å². The van der Waals surface area contributed by atoms with E-state index in [1.807, 2.05) is 0 Å². The van der Waals surface area contributed by atoms with Gasteiger partial charge in [-0.25, -0.2) is 4.99 Å². The second kappa shape index (κ2) is 10.5. The molecule has 1 amide bonds. The van der Waals surface area contributed by atoms with Crippen molar-refractivity contribution in [3.63, 3.8) is 0 Å². The number of benzene rings is 1. The van der Waals surface area contributed by atoms with E-state index < -0.39 is 0 Å². The first-order chi connectivity index (χ1) is 14.0. The molecule has 1 aromatic carbocycles. The first-order valence-corrected chi connectivity index (χ1v) is 11.7. The van der Waals surface area contributed by atoms with Gasteiger partial charge in [-0.3, -0.25) is 4.79 Å². The Hall–Kier alpha value is -1.84. The van der Waals surface area contributed by atoms with E-state index in [9.17, 15) is 4.79 Å². The molecule has 2 rings (SSSR count). The number of hydrogen-bond acceptors (Lipinski definition) is 3. The van der Waals surface area contributed by atoms with Crippen molar-refractivity contribution in [3.05, 3.63) is 34.4 Å². The molecule has 0 saturated heterocycles. The van der Waals surface area contributed by atoms with E-state index in [4.69, 9.17) is 9.73 Å². The van der Waals surface area contributed by atoms with Crippen LogP contribution in [0.5, 0.6) is 0 Å². The fraction of sp³-hybridized carbons (Fsp3) is 0.692. The van der Waals surface area contributed by atoms with Crippen LogP contribution in [0.15, 0.2) is 17.1 Å². The van der Waals surface area contributed by atoms with Gasteiger partial charge in [0.1, 0.15) is 12.6 Å². The average molecular weight is 415 g/mol. The summed E-state index contributed by atoms with van der Waals surface area (Å²) in [6, 6.07) is 4.75. The number of carbonyl (C=O) groups is 1. The number of amides is 1. The van der Waals surface area contributed by atoms with Crippen molar-refractivity contribution in [2.75, 3.05) is 6.61 Å². The topological polar surface area (TPSA) is 50.7 Å². The first kappa shape index (κ1) is 24.4. The van der Waals surface area contributed by atoms with Crippen LogP contribution in [-0.2, 0) is 16.0 Å². The summed E-state index contributed by atoms with van der Waals surface area (Å²) in [5.74, 6) is 2.39. The Labute approximate surface area is 183 Å². The molecule has 1 aliphatic rings. The van der Waals surface area contributed by atoms with E-state index >= 15 is 0 Å². The third-order valence-corrected chi connectivity index (χ3v) is 6.26. The molecule has 1 aromatic rings. The summed E-state index contributed by atoms with van der Waals surface area (Å²) < 4.78 is 6.02. The molecule has 1 N–H and O–H groups in total. The van der Waals surface area contributed by atoms with Gasteiger partial charge >= 0.3 is 0 Å². The standard InChI is InChI=1S/C26H42N2O2/c1-10-18(8)25(27-19(9)29)26-28-21(14-30-26)13-24-22(16(4)5)11-20(15(2)3)12-23(24)17(6)7/h11-12,15-18,21,25H,10,13-14H2,1-9H3,(H,27,29)/t18?,21-,25?/m0/s1. The Morgan fingerprint density at radius 1 is 1.07 bits per heavy atom. The highest BCUT2D eigenvalue weighted by Gasteiger charge is 2.31. The lowest BCUT2D eigenvalue weighted by molar-refractivity contribution is -0.119. The predicted octanol–water partition coefficient (Wildman–Crippen LogP) is 5.95. The van der Waals surface area contributed by atoms with Crippen molar-refractivity contribution in [1.29, 1.82) is 0 Å². The van der Waals surface area contributed by atoms with Gasteiger partial charge < -0.3 is 10.1 Å². The minimum Gasteiger partial charge on any atom is -0.477 e. The van der Waals surface area contributed by atoms with Crippen LogP contribution in [0.25, 0.3) is 0 Å². The molecule has 1 aliphatic heterocycles. The average Bonchev–Trinajstić information content (AvgIpc) is 3.12. The molecule has 4 heteroatoms. The van der Waals surface area contributed by atoms with Crippen molar-refractivity contribution in [3.8, 4) is 0 Å². The van der Waals surface area contributed by atoms with Crippen molar-refractivity contribution in [2.45, 2.75) is 105 Å². The van der Waals surface area contributed by atoms with Gasteiger partial charge in [0.15, 0.2) is 0 Å². The summed E-state index contributed by atoms with van der Waals surface area (Å²) in [6.07, 6.45) is 1.85. The van der Waals surface area contributed by atoms with Gasteiger partial charge in [0.05, 0.1) is 6.04 Å². The molecule has 3 atom stereocenters. The maximum absolute atomic E-state index is 11.7. The van der Waals surface area contributed by atoms with Crippen LogP contribution in [-0.4, -0.2) is 30.5 Å². The Morgan fingerprint density at radius 3 is 2.07 bits per heavy atom. The van der Waals surface area contributed by atoms with Gasteiger partial charge in [-0.2, -0.15) is 0 Å². The molecule has 168 valence electrons. The van der Waals surface area contributed by atoms with Gasteiger partial charge in [0, 0.05) is 6.92 Å². The van der Waals surface area contributed by atoms with Crippen LogP contribution < -0.4 is 5.32 Å². The highest BCUT2D eigenvalue weighted by molar-refractivity contribution is 5.88. The number of carbonyl (C=O) groups excluding carboxylic acids is 1. The third-order valence-electron chi connectivity index (χ3n) is 6.26. The minimum absolute atomic E-state index is 0.0384. The Morgan fingerprint density at radius 2 is 1.63 bits per heavy atom. The van der Waals surface area contributed by atoms with Crippen LogP contribution in [0.2, 0.25) is 0 Å². The highest BCUT2D eigenvalue weighted by atomic mass is 16.5. The summed E-state index contributed by atoms with van der Waals surface area (Å²) in [5.41, 5.74) is 5.73. The van der Waals surface area contributed by atoms with E-state index in [-0.39, 0.29) is 23.9 Å². The molecule has 0 spiro atoms. The van der Waals surface area contributed by atoms with Crippen LogP contribution in [0.4, 0.5) is 0 Å². The Kier molecular flexibility index (Phi) is 8.52. The van der Waals surface area contributed by atoms with E-state index in [2.05, 4.69) is 72.8 Å². The van der Waals surface area contributed by atoms with Crippen LogP contribution >= 0.6 is 0 Å². The molecule has 0 saturated carbocycles. The van der Waals surface area contributed by atoms with E-state index in [0.29, 0.717) is 30.3 Å². The summed E-state index contributed by atoms with van der Waals surface area (Å²) in [6.45, 7) is 20.1. The summed E-state index contributed by atoms with van der Waals surface area (Å²) in [7, 11) is 0. The van der Waals surface area contributed by atoms with Gasteiger partial charge in [0.2, 0.25) is 11.8 Å².